The third-order valence-corrected chi connectivity index (χ3v) is 2.43. The molecule has 84 valence electrons. The molecule has 0 aromatic rings. The average molecular weight is 215 g/mol. The van der Waals surface area contributed by atoms with Crippen LogP contribution in [-0.4, -0.2) is 49.0 Å². The largest absolute Gasteiger partial charge is 0.467 e. The highest BCUT2D eigenvalue weighted by molar-refractivity contribution is 5.92. The van der Waals surface area contributed by atoms with E-state index in [1.807, 2.05) is 0 Å². The Bertz CT molecular complexity index is 279. The molecule has 0 saturated carbocycles. The first kappa shape index (κ1) is 11.5. The summed E-state index contributed by atoms with van der Waals surface area (Å²) < 4.78 is 9.02. The van der Waals surface area contributed by atoms with Gasteiger partial charge in [0.2, 0.25) is 5.91 Å². The molecule has 1 aliphatic heterocycles. The Balaban J connectivity index is 2.72. The molecule has 0 radical (unpaired) electrons. The van der Waals surface area contributed by atoms with Crippen molar-refractivity contribution in [3.8, 4) is 0 Å². The highest BCUT2D eigenvalue weighted by Gasteiger charge is 2.49. The topological polar surface area (TPSA) is 72.9 Å². The molecular weight excluding hydrogens is 202 g/mol. The van der Waals surface area contributed by atoms with Crippen molar-refractivity contribution >= 4 is 17.8 Å². The van der Waals surface area contributed by atoms with Gasteiger partial charge in [-0.05, 0) is 0 Å². The molecule has 0 N–H and O–H groups in total. The molecule has 6 nitrogen and oxygen atoms in total. The highest BCUT2D eigenvalue weighted by atomic mass is 16.5. The van der Waals surface area contributed by atoms with Gasteiger partial charge in [-0.25, -0.2) is 9.59 Å². The van der Waals surface area contributed by atoms with Gasteiger partial charge < -0.3 is 14.4 Å². The van der Waals surface area contributed by atoms with Crippen molar-refractivity contribution in [2.24, 2.45) is 0 Å². The Morgan fingerprint density at radius 3 is 1.73 bits per heavy atom. The summed E-state index contributed by atoms with van der Waals surface area (Å²) in [5.74, 6) is -1.36. The van der Waals surface area contributed by atoms with Crippen LogP contribution in [0.15, 0.2) is 0 Å². The molecule has 1 aliphatic rings. The quantitative estimate of drug-likeness (QED) is 0.571. The number of likely N-dealkylation sites (tertiary alicyclic amines) is 1. The summed E-state index contributed by atoms with van der Waals surface area (Å²) >= 11 is 0. The van der Waals surface area contributed by atoms with Crippen LogP contribution in [0.2, 0.25) is 0 Å². The lowest BCUT2D eigenvalue weighted by molar-refractivity contribution is -0.174. The van der Waals surface area contributed by atoms with E-state index < -0.39 is 24.0 Å². The number of amides is 1. The number of hydrogen-bond donors (Lipinski definition) is 0. The number of carbonyl (C=O) groups excluding carboxylic acids is 3. The third kappa shape index (κ3) is 1.93. The molecule has 0 bridgehead atoms. The van der Waals surface area contributed by atoms with Crippen molar-refractivity contribution in [2.45, 2.75) is 25.4 Å². The first-order valence-electron chi connectivity index (χ1n) is 4.47. The summed E-state index contributed by atoms with van der Waals surface area (Å²) in [5, 5.41) is 0. The summed E-state index contributed by atoms with van der Waals surface area (Å²) in [6, 6.07) is -1.31. The molecule has 1 rings (SSSR count). The maximum atomic E-state index is 11.2. The lowest BCUT2D eigenvalue weighted by Crippen LogP contribution is -2.64. The molecule has 0 aromatic heterocycles. The second-order valence-electron chi connectivity index (χ2n) is 3.24. The molecule has 0 aliphatic carbocycles. The fourth-order valence-corrected chi connectivity index (χ4v) is 1.65. The van der Waals surface area contributed by atoms with Crippen LogP contribution in [0.5, 0.6) is 0 Å². The molecule has 6 heteroatoms. The van der Waals surface area contributed by atoms with Crippen LogP contribution in [-0.2, 0) is 23.9 Å². The summed E-state index contributed by atoms with van der Waals surface area (Å²) in [6.07, 6.45) is 0.263. The van der Waals surface area contributed by atoms with Gasteiger partial charge in [-0.1, -0.05) is 0 Å². The van der Waals surface area contributed by atoms with Crippen molar-refractivity contribution in [2.75, 3.05) is 14.2 Å². The van der Waals surface area contributed by atoms with Crippen molar-refractivity contribution < 1.29 is 23.9 Å². The summed E-state index contributed by atoms with van der Waals surface area (Å²) in [6.45, 7) is 1.30. The van der Waals surface area contributed by atoms with Gasteiger partial charge in [0.1, 0.15) is 12.1 Å². The van der Waals surface area contributed by atoms with Gasteiger partial charge in [-0.15, -0.1) is 0 Å². The van der Waals surface area contributed by atoms with E-state index >= 15 is 0 Å². The number of carbonyl (C=O) groups is 3. The van der Waals surface area contributed by atoms with Crippen LogP contribution in [0, 0.1) is 0 Å². The monoisotopic (exact) mass is 215 g/mol. The van der Waals surface area contributed by atoms with Gasteiger partial charge in [0.05, 0.1) is 14.2 Å². The van der Waals surface area contributed by atoms with Crippen LogP contribution >= 0.6 is 0 Å². The van der Waals surface area contributed by atoms with Gasteiger partial charge >= 0.3 is 11.9 Å². The van der Waals surface area contributed by atoms with Crippen molar-refractivity contribution in [1.82, 2.24) is 4.90 Å². The molecule has 0 aromatic carbocycles. The Morgan fingerprint density at radius 1 is 1.07 bits per heavy atom. The number of esters is 2. The van der Waals surface area contributed by atoms with E-state index in [0.717, 1.165) is 0 Å². The first-order valence-corrected chi connectivity index (χ1v) is 4.47. The summed E-state index contributed by atoms with van der Waals surface area (Å²) in [4.78, 5) is 34.8. The first-order chi connectivity index (χ1) is 7.02. The van der Waals surface area contributed by atoms with Gasteiger partial charge in [-0.3, -0.25) is 4.79 Å². The Hall–Kier alpha value is -1.59. The standard InChI is InChI=1S/C9H13NO5/c1-5(11)10-6(8(12)14-2)4-7(10)9(13)15-3/h6-7H,4H2,1-3H3. The zero-order valence-electron chi connectivity index (χ0n) is 8.85. The van der Waals surface area contributed by atoms with E-state index in [2.05, 4.69) is 9.47 Å². The molecule has 1 heterocycles. The normalized spacial score (nSPS) is 24.1. The molecule has 2 atom stereocenters. The molecule has 15 heavy (non-hydrogen) atoms. The number of hydrogen-bond acceptors (Lipinski definition) is 5. The zero-order valence-corrected chi connectivity index (χ0v) is 8.85. The van der Waals surface area contributed by atoms with Crippen LogP contribution in [0.1, 0.15) is 13.3 Å². The van der Waals surface area contributed by atoms with Gasteiger partial charge in [0.25, 0.3) is 0 Å². The Morgan fingerprint density at radius 2 is 1.47 bits per heavy atom. The van der Waals surface area contributed by atoms with Gasteiger partial charge in [0.15, 0.2) is 0 Å². The van der Waals surface area contributed by atoms with Crippen molar-refractivity contribution in [3.05, 3.63) is 0 Å². The Labute approximate surface area is 87.1 Å². The minimum absolute atomic E-state index is 0.263. The maximum Gasteiger partial charge on any atom is 0.328 e. The zero-order chi connectivity index (χ0) is 11.6. The van der Waals surface area contributed by atoms with Crippen LogP contribution < -0.4 is 0 Å². The smallest absolute Gasteiger partial charge is 0.328 e. The number of methoxy groups -OCH3 is 2. The molecule has 0 spiro atoms. The van der Waals surface area contributed by atoms with Gasteiger partial charge in [-0.2, -0.15) is 0 Å². The molecule has 1 amide bonds. The lowest BCUT2D eigenvalue weighted by Gasteiger charge is -2.44. The van der Waals surface area contributed by atoms with Crippen molar-refractivity contribution in [3.63, 3.8) is 0 Å². The summed E-state index contributed by atoms with van der Waals surface area (Å²) in [7, 11) is 2.48. The number of ether oxygens (including phenoxy) is 2. The molecular formula is C9H13NO5. The van der Waals surface area contributed by atoms with E-state index in [0.29, 0.717) is 0 Å². The second-order valence-corrected chi connectivity index (χ2v) is 3.24. The number of nitrogens with zero attached hydrogens (tertiary/aromatic N) is 1. The van der Waals surface area contributed by atoms with Crippen LogP contribution in [0.4, 0.5) is 0 Å². The fraction of sp³-hybridized carbons (Fsp3) is 0.667. The fourth-order valence-electron chi connectivity index (χ4n) is 1.65. The van der Waals surface area contributed by atoms with E-state index in [4.69, 9.17) is 0 Å². The third-order valence-electron chi connectivity index (χ3n) is 2.43. The minimum atomic E-state index is -0.656. The number of rotatable bonds is 2. The van der Waals surface area contributed by atoms with Crippen LogP contribution in [0.25, 0.3) is 0 Å². The average Bonchev–Trinajstić information content (AvgIpc) is 2.14. The molecule has 1 fully saturated rings. The summed E-state index contributed by atoms with van der Waals surface area (Å²) in [5.41, 5.74) is 0. The van der Waals surface area contributed by atoms with E-state index in [1.54, 1.807) is 0 Å². The molecule has 2 unspecified atom stereocenters. The molecule has 1 saturated heterocycles. The lowest BCUT2D eigenvalue weighted by atomic mass is 9.92. The minimum Gasteiger partial charge on any atom is -0.467 e. The predicted octanol–water partition coefficient (Wildman–Crippen LogP) is -0.678. The SMILES string of the molecule is COC(=O)C1CC(C(=O)OC)N1C(C)=O. The van der Waals surface area contributed by atoms with Crippen molar-refractivity contribution in [1.29, 1.82) is 0 Å². The van der Waals surface area contributed by atoms with E-state index in [-0.39, 0.29) is 12.3 Å². The van der Waals surface area contributed by atoms with Gasteiger partial charge in [0, 0.05) is 13.3 Å². The second kappa shape index (κ2) is 4.29. The predicted molar refractivity (Wildman–Crippen MR) is 48.7 cm³/mol. The van der Waals surface area contributed by atoms with Crippen LogP contribution in [0.3, 0.4) is 0 Å². The Kier molecular flexibility index (Phi) is 3.28. The highest BCUT2D eigenvalue weighted by Crippen LogP contribution is 2.27. The van der Waals surface area contributed by atoms with E-state index in [1.165, 1.54) is 26.0 Å². The van der Waals surface area contributed by atoms with E-state index in [9.17, 15) is 14.4 Å². The maximum absolute atomic E-state index is 11.2.